The van der Waals surface area contributed by atoms with Crippen LogP contribution in [-0.4, -0.2) is 14.5 Å². The number of rotatable bonds is 4. The maximum atomic E-state index is 4.46. The number of aryl methyl sites for hydroxylation is 1. The Hall–Kier alpha value is -2.14. The molecular formula is C15H16N4S. The van der Waals surface area contributed by atoms with Crippen LogP contribution in [0.1, 0.15) is 22.9 Å². The van der Waals surface area contributed by atoms with Gasteiger partial charge in [0, 0.05) is 29.2 Å². The van der Waals surface area contributed by atoms with Crippen LogP contribution in [-0.2, 0) is 0 Å². The highest BCUT2D eigenvalue weighted by Gasteiger charge is 2.15. The number of hydrogen-bond acceptors (Lipinski definition) is 4. The Balaban J connectivity index is 1.86. The Bertz CT molecular complexity index is 687. The lowest BCUT2D eigenvalue weighted by Gasteiger charge is -2.15. The molecule has 0 aliphatic carbocycles. The Labute approximate surface area is 122 Å². The van der Waals surface area contributed by atoms with Gasteiger partial charge in [-0.15, -0.1) is 11.3 Å². The molecule has 2 heterocycles. The highest BCUT2D eigenvalue weighted by atomic mass is 32.1. The van der Waals surface area contributed by atoms with Gasteiger partial charge in [-0.2, -0.15) is 0 Å². The van der Waals surface area contributed by atoms with Crippen LogP contribution in [0.5, 0.6) is 0 Å². The fourth-order valence-electron chi connectivity index (χ4n) is 2.06. The van der Waals surface area contributed by atoms with Gasteiger partial charge in [-0.25, -0.2) is 9.97 Å². The smallest absolute Gasteiger partial charge is 0.207 e. The van der Waals surface area contributed by atoms with E-state index in [9.17, 15) is 0 Å². The molecule has 2 aromatic heterocycles. The second-order valence-electron chi connectivity index (χ2n) is 4.63. The van der Waals surface area contributed by atoms with E-state index in [0.717, 1.165) is 16.6 Å². The number of aromatic nitrogens is 3. The summed E-state index contributed by atoms with van der Waals surface area (Å²) in [6.45, 7) is 4.21. The first kappa shape index (κ1) is 12.9. The van der Waals surface area contributed by atoms with E-state index in [-0.39, 0.29) is 6.04 Å². The van der Waals surface area contributed by atoms with E-state index in [1.165, 1.54) is 4.88 Å². The lowest BCUT2D eigenvalue weighted by atomic mass is 10.3. The molecule has 0 saturated heterocycles. The van der Waals surface area contributed by atoms with Gasteiger partial charge in [0.2, 0.25) is 5.95 Å². The van der Waals surface area contributed by atoms with Crippen LogP contribution in [0, 0.1) is 6.92 Å². The van der Waals surface area contributed by atoms with E-state index in [0.29, 0.717) is 0 Å². The van der Waals surface area contributed by atoms with Crippen molar-refractivity contribution in [1.29, 1.82) is 0 Å². The minimum Gasteiger partial charge on any atom is -0.326 e. The van der Waals surface area contributed by atoms with Crippen LogP contribution >= 0.6 is 11.3 Å². The van der Waals surface area contributed by atoms with Crippen molar-refractivity contribution in [3.8, 4) is 0 Å². The molecule has 0 bridgehead atoms. The molecule has 1 N–H and O–H groups in total. The average Bonchev–Trinajstić information content (AvgIpc) is 3.08. The Kier molecular flexibility index (Phi) is 3.52. The minimum atomic E-state index is 0.169. The number of anilines is 2. The standard InChI is InChI=1S/C15H16N4S/c1-11-10-17-14(20-11)12(2)19-9-8-16-15(19)18-13-6-4-3-5-7-13/h3-10,12H,1-2H3,(H,16,18). The van der Waals surface area contributed by atoms with Crippen molar-refractivity contribution < 1.29 is 0 Å². The molecule has 3 rings (SSSR count). The van der Waals surface area contributed by atoms with E-state index in [1.807, 2.05) is 48.9 Å². The molecule has 0 spiro atoms. The predicted molar refractivity (Wildman–Crippen MR) is 82.6 cm³/mol. The number of para-hydroxylation sites is 1. The first-order valence-corrected chi connectivity index (χ1v) is 7.33. The van der Waals surface area contributed by atoms with Crippen molar-refractivity contribution in [2.24, 2.45) is 0 Å². The first-order chi connectivity index (χ1) is 9.74. The SMILES string of the molecule is Cc1cnc(C(C)n2ccnc2Nc2ccccc2)s1. The van der Waals surface area contributed by atoms with Crippen LogP contribution in [0.3, 0.4) is 0 Å². The van der Waals surface area contributed by atoms with Gasteiger partial charge in [-0.05, 0) is 26.0 Å². The molecule has 0 aliphatic rings. The molecular weight excluding hydrogens is 268 g/mol. The summed E-state index contributed by atoms with van der Waals surface area (Å²) in [6, 6.07) is 10.2. The molecule has 0 amide bonds. The third-order valence-corrected chi connectivity index (χ3v) is 4.20. The molecule has 4 nitrogen and oxygen atoms in total. The zero-order valence-corrected chi connectivity index (χ0v) is 12.3. The Morgan fingerprint density at radius 1 is 1.20 bits per heavy atom. The van der Waals surface area contributed by atoms with Crippen LogP contribution in [0.4, 0.5) is 11.6 Å². The van der Waals surface area contributed by atoms with Gasteiger partial charge in [-0.3, -0.25) is 0 Å². The third-order valence-electron chi connectivity index (χ3n) is 3.11. The van der Waals surface area contributed by atoms with Crippen molar-refractivity contribution in [1.82, 2.24) is 14.5 Å². The molecule has 1 atom stereocenters. The van der Waals surface area contributed by atoms with Crippen LogP contribution < -0.4 is 5.32 Å². The monoisotopic (exact) mass is 284 g/mol. The summed E-state index contributed by atoms with van der Waals surface area (Å²) in [5.41, 5.74) is 1.03. The van der Waals surface area contributed by atoms with Gasteiger partial charge in [0.05, 0.1) is 6.04 Å². The van der Waals surface area contributed by atoms with Crippen molar-refractivity contribution in [3.63, 3.8) is 0 Å². The molecule has 1 aromatic carbocycles. The molecule has 3 aromatic rings. The second kappa shape index (κ2) is 5.46. The van der Waals surface area contributed by atoms with Crippen LogP contribution in [0.15, 0.2) is 48.9 Å². The first-order valence-electron chi connectivity index (χ1n) is 6.51. The van der Waals surface area contributed by atoms with Crippen molar-refractivity contribution in [3.05, 3.63) is 58.8 Å². The van der Waals surface area contributed by atoms with E-state index < -0.39 is 0 Å². The topological polar surface area (TPSA) is 42.7 Å². The number of benzene rings is 1. The van der Waals surface area contributed by atoms with Gasteiger partial charge in [0.15, 0.2) is 0 Å². The molecule has 102 valence electrons. The summed E-state index contributed by atoms with van der Waals surface area (Å²) in [7, 11) is 0. The number of thiazole rings is 1. The van der Waals surface area contributed by atoms with Crippen LogP contribution in [0.2, 0.25) is 0 Å². The molecule has 5 heteroatoms. The van der Waals surface area contributed by atoms with E-state index in [1.54, 1.807) is 11.3 Å². The molecule has 0 saturated carbocycles. The summed E-state index contributed by atoms with van der Waals surface area (Å²) in [5, 5.41) is 4.43. The molecule has 0 fully saturated rings. The number of hydrogen-bond donors (Lipinski definition) is 1. The maximum absolute atomic E-state index is 4.46. The second-order valence-corrected chi connectivity index (χ2v) is 5.90. The lowest BCUT2D eigenvalue weighted by Crippen LogP contribution is -2.09. The van der Waals surface area contributed by atoms with Gasteiger partial charge in [0.1, 0.15) is 5.01 Å². The van der Waals surface area contributed by atoms with E-state index >= 15 is 0 Å². The van der Waals surface area contributed by atoms with Crippen LogP contribution in [0.25, 0.3) is 0 Å². The summed E-state index contributed by atoms with van der Waals surface area (Å²) < 4.78 is 2.10. The molecule has 0 aliphatic heterocycles. The minimum absolute atomic E-state index is 0.169. The molecule has 20 heavy (non-hydrogen) atoms. The van der Waals surface area contributed by atoms with Crippen molar-refractivity contribution >= 4 is 23.0 Å². The Morgan fingerprint density at radius 2 is 2.00 bits per heavy atom. The van der Waals surface area contributed by atoms with Gasteiger partial charge in [0.25, 0.3) is 0 Å². The number of nitrogens with one attached hydrogen (secondary N) is 1. The third kappa shape index (κ3) is 2.58. The maximum Gasteiger partial charge on any atom is 0.207 e. The number of nitrogens with zero attached hydrogens (tertiary/aromatic N) is 3. The molecule has 0 radical (unpaired) electrons. The quantitative estimate of drug-likeness (QED) is 0.787. The van der Waals surface area contributed by atoms with Gasteiger partial charge < -0.3 is 9.88 Å². The summed E-state index contributed by atoms with van der Waals surface area (Å²) in [4.78, 5) is 10.1. The van der Waals surface area contributed by atoms with E-state index in [4.69, 9.17) is 0 Å². The zero-order chi connectivity index (χ0) is 13.9. The summed E-state index contributed by atoms with van der Waals surface area (Å²) >= 11 is 1.72. The lowest BCUT2D eigenvalue weighted by molar-refractivity contribution is 0.642. The fourth-order valence-corrected chi connectivity index (χ4v) is 2.88. The number of imidazole rings is 1. The molecule has 1 unspecified atom stereocenters. The predicted octanol–water partition coefficient (Wildman–Crippen LogP) is 4.00. The average molecular weight is 284 g/mol. The largest absolute Gasteiger partial charge is 0.326 e. The highest BCUT2D eigenvalue weighted by Crippen LogP contribution is 2.26. The summed E-state index contributed by atoms with van der Waals surface area (Å²) in [6.07, 6.45) is 5.70. The zero-order valence-electron chi connectivity index (χ0n) is 11.4. The normalized spacial score (nSPS) is 12.3. The van der Waals surface area contributed by atoms with Gasteiger partial charge >= 0.3 is 0 Å². The van der Waals surface area contributed by atoms with Gasteiger partial charge in [-0.1, -0.05) is 18.2 Å². The fraction of sp³-hybridized carbons (Fsp3) is 0.200. The van der Waals surface area contributed by atoms with Crippen molar-refractivity contribution in [2.75, 3.05) is 5.32 Å². The van der Waals surface area contributed by atoms with E-state index in [2.05, 4.69) is 33.7 Å². The highest BCUT2D eigenvalue weighted by molar-refractivity contribution is 7.11. The summed E-state index contributed by atoms with van der Waals surface area (Å²) in [5.74, 6) is 0.830. The van der Waals surface area contributed by atoms with Crippen molar-refractivity contribution in [2.45, 2.75) is 19.9 Å². The Morgan fingerprint density at radius 3 is 2.70 bits per heavy atom.